The molecule has 0 atom stereocenters. The van der Waals surface area contributed by atoms with E-state index < -0.39 is 0 Å². The molecule has 0 spiro atoms. The number of hydrogen-bond donors (Lipinski definition) is 2. The number of hydrogen-bond acceptors (Lipinski definition) is 4. The summed E-state index contributed by atoms with van der Waals surface area (Å²) >= 11 is 5.89. The second kappa shape index (κ2) is 9.45. The van der Waals surface area contributed by atoms with Gasteiger partial charge in [-0.1, -0.05) is 23.7 Å². The maximum atomic E-state index is 12.0. The molecule has 25 heavy (non-hydrogen) atoms. The molecule has 1 heterocycles. The first-order valence-electron chi connectivity index (χ1n) is 7.84. The van der Waals surface area contributed by atoms with Gasteiger partial charge >= 0.3 is 0 Å². The van der Waals surface area contributed by atoms with Crippen LogP contribution in [0.3, 0.4) is 0 Å². The van der Waals surface area contributed by atoms with Crippen LogP contribution in [0.1, 0.15) is 12.8 Å². The minimum Gasteiger partial charge on any atom is -0.356 e. The Kier molecular flexibility index (Phi) is 6.99. The van der Waals surface area contributed by atoms with Crippen molar-refractivity contribution in [2.75, 3.05) is 13.6 Å². The van der Waals surface area contributed by atoms with Crippen molar-refractivity contribution in [1.82, 2.24) is 20.4 Å². The number of guanidine groups is 1. The molecule has 0 aliphatic carbocycles. The number of benzene rings is 1. The van der Waals surface area contributed by atoms with Crippen LogP contribution in [0.15, 0.2) is 46.2 Å². The fraction of sp³-hybridized carbons (Fsp3) is 0.294. The molecule has 0 aliphatic rings. The molecular weight excluding hydrogens is 340 g/mol. The van der Waals surface area contributed by atoms with Crippen LogP contribution >= 0.6 is 11.6 Å². The van der Waals surface area contributed by atoms with Gasteiger partial charge in [0.1, 0.15) is 0 Å². The third-order valence-electron chi connectivity index (χ3n) is 3.49. The normalized spacial score (nSPS) is 11.0. The number of unbranched alkanes of at least 4 members (excludes halogenated alkanes) is 1. The van der Waals surface area contributed by atoms with Crippen LogP contribution in [0, 0.1) is 11.5 Å². The lowest BCUT2D eigenvalue weighted by Gasteiger charge is -2.09. The van der Waals surface area contributed by atoms with Crippen molar-refractivity contribution in [1.29, 1.82) is 5.26 Å². The van der Waals surface area contributed by atoms with Crippen LogP contribution in [-0.4, -0.2) is 29.3 Å². The number of nitrogens with one attached hydrogen (secondary N) is 2. The van der Waals surface area contributed by atoms with Gasteiger partial charge in [-0.3, -0.25) is 15.1 Å². The van der Waals surface area contributed by atoms with Crippen LogP contribution in [0.4, 0.5) is 0 Å². The molecule has 0 bridgehead atoms. The van der Waals surface area contributed by atoms with Gasteiger partial charge in [-0.15, -0.1) is 0 Å². The van der Waals surface area contributed by atoms with Crippen molar-refractivity contribution in [2.24, 2.45) is 4.99 Å². The quantitative estimate of drug-likeness (QED) is 0.271. The Hall–Kier alpha value is -2.85. The van der Waals surface area contributed by atoms with E-state index in [4.69, 9.17) is 16.9 Å². The molecule has 0 fully saturated rings. The van der Waals surface area contributed by atoms with E-state index in [1.807, 2.05) is 18.3 Å². The smallest absolute Gasteiger partial charge is 0.266 e. The number of nitrogens with zero attached hydrogens (tertiary/aromatic N) is 4. The van der Waals surface area contributed by atoms with Crippen molar-refractivity contribution in [3.05, 3.63) is 51.8 Å². The molecule has 0 saturated heterocycles. The first-order chi connectivity index (χ1) is 12.1. The molecule has 7 nitrogen and oxygen atoms in total. The Labute approximate surface area is 151 Å². The minimum absolute atomic E-state index is 0.132. The van der Waals surface area contributed by atoms with Crippen LogP contribution in [0.5, 0.6) is 0 Å². The standard InChI is InChI=1S/C17H19ClN6O/c1-20-17(22-12-19)21-10-2-3-11-24-16(25)9-8-15(23-24)13-4-6-14(18)7-5-13/h4-9H,2-3,10-11H2,1H3,(H2,20,21,22). The van der Waals surface area contributed by atoms with E-state index in [1.165, 1.54) is 10.7 Å². The van der Waals surface area contributed by atoms with Crippen molar-refractivity contribution in [3.8, 4) is 17.5 Å². The zero-order chi connectivity index (χ0) is 18.1. The van der Waals surface area contributed by atoms with Gasteiger partial charge in [0.05, 0.1) is 5.69 Å². The number of nitriles is 1. The maximum Gasteiger partial charge on any atom is 0.266 e. The highest BCUT2D eigenvalue weighted by Gasteiger charge is 2.04. The molecule has 1 aromatic carbocycles. The Balaban J connectivity index is 1.92. The highest BCUT2D eigenvalue weighted by molar-refractivity contribution is 6.30. The largest absolute Gasteiger partial charge is 0.356 e. The SMILES string of the molecule is CN=C(NC#N)NCCCCn1nc(-c2ccc(Cl)cc2)ccc1=O. The van der Waals surface area contributed by atoms with Gasteiger partial charge in [-0.2, -0.15) is 10.4 Å². The molecule has 0 saturated carbocycles. The van der Waals surface area contributed by atoms with Gasteiger partial charge in [0.15, 0.2) is 6.19 Å². The van der Waals surface area contributed by atoms with Crippen LogP contribution in [0.25, 0.3) is 11.3 Å². The lowest BCUT2D eigenvalue weighted by molar-refractivity contribution is 0.531. The van der Waals surface area contributed by atoms with E-state index >= 15 is 0 Å². The Morgan fingerprint density at radius 3 is 2.72 bits per heavy atom. The van der Waals surface area contributed by atoms with Crippen molar-refractivity contribution in [3.63, 3.8) is 0 Å². The summed E-state index contributed by atoms with van der Waals surface area (Å²) in [5.74, 6) is 0.433. The first-order valence-corrected chi connectivity index (χ1v) is 8.21. The predicted octanol–water partition coefficient (Wildman–Crippen LogP) is 1.99. The monoisotopic (exact) mass is 358 g/mol. The second-order valence-corrected chi connectivity index (χ2v) is 5.67. The summed E-state index contributed by atoms with van der Waals surface area (Å²) < 4.78 is 1.46. The summed E-state index contributed by atoms with van der Waals surface area (Å²) in [7, 11) is 1.60. The number of aryl methyl sites for hydroxylation is 1. The minimum atomic E-state index is -0.132. The average Bonchev–Trinajstić information content (AvgIpc) is 2.62. The number of aromatic nitrogens is 2. The van der Waals surface area contributed by atoms with Crippen LogP contribution in [-0.2, 0) is 6.54 Å². The summed E-state index contributed by atoms with van der Waals surface area (Å²) in [6.07, 6.45) is 3.39. The zero-order valence-corrected chi connectivity index (χ0v) is 14.6. The lowest BCUT2D eigenvalue weighted by atomic mass is 10.1. The predicted molar refractivity (Wildman–Crippen MR) is 98.3 cm³/mol. The van der Waals surface area contributed by atoms with E-state index in [2.05, 4.69) is 20.7 Å². The van der Waals surface area contributed by atoms with Gasteiger partial charge < -0.3 is 5.32 Å². The number of rotatable bonds is 6. The topological polar surface area (TPSA) is 95.1 Å². The Morgan fingerprint density at radius 2 is 2.04 bits per heavy atom. The van der Waals surface area contributed by atoms with Gasteiger partial charge in [-0.05, 0) is 31.0 Å². The number of halogens is 1. The molecule has 0 amide bonds. The van der Waals surface area contributed by atoms with Gasteiger partial charge in [-0.25, -0.2) is 4.68 Å². The molecule has 2 N–H and O–H groups in total. The van der Waals surface area contributed by atoms with Crippen LogP contribution in [0.2, 0.25) is 5.02 Å². The summed E-state index contributed by atoms with van der Waals surface area (Å²) in [6, 6.07) is 10.6. The zero-order valence-electron chi connectivity index (χ0n) is 13.9. The molecule has 2 rings (SSSR count). The van der Waals surface area contributed by atoms with Gasteiger partial charge in [0, 0.05) is 36.8 Å². The summed E-state index contributed by atoms with van der Waals surface area (Å²) in [5, 5.41) is 19.1. The average molecular weight is 359 g/mol. The molecule has 0 unspecified atom stereocenters. The highest BCUT2D eigenvalue weighted by Crippen LogP contribution is 2.18. The Morgan fingerprint density at radius 1 is 1.28 bits per heavy atom. The third kappa shape index (κ3) is 5.62. The van der Waals surface area contributed by atoms with Crippen LogP contribution < -0.4 is 16.2 Å². The van der Waals surface area contributed by atoms with Gasteiger partial charge in [0.2, 0.25) is 5.96 Å². The number of aliphatic imine (C=N–C) groups is 1. The van der Waals surface area contributed by atoms with E-state index in [1.54, 1.807) is 25.2 Å². The summed E-state index contributed by atoms with van der Waals surface area (Å²) in [6.45, 7) is 1.17. The van der Waals surface area contributed by atoms with Gasteiger partial charge in [0.25, 0.3) is 5.56 Å². The third-order valence-corrected chi connectivity index (χ3v) is 3.75. The maximum absolute atomic E-state index is 12.0. The summed E-state index contributed by atoms with van der Waals surface area (Å²) in [4.78, 5) is 15.9. The van der Waals surface area contributed by atoms with E-state index in [9.17, 15) is 4.79 Å². The fourth-order valence-corrected chi connectivity index (χ4v) is 2.34. The summed E-state index contributed by atoms with van der Waals surface area (Å²) in [5.41, 5.74) is 1.51. The Bertz CT molecular complexity index is 822. The first kappa shape index (κ1) is 18.5. The van der Waals surface area contributed by atoms with E-state index in [0.29, 0.717) is 24.1 Å². The molecular formula is C17H19ClN6O. The highest BCUT2D eigenvalue weighted by atomic mass is 35.5. The second-order valence-electron chi connectivity index (χ2n) is 5.23. The van der Waals surface area contributed by atoms with E-state index in [0.717, 1.165) is 24.1 Å². The van der Waals surface area contributed by atoms with E-state index in [-0.39, 0.29) is 5.56 Å². The van der Waals surface area contributed by atoms with Crippen molar-refractivity contribution >= 4 is 17.6 Å². The molecule has 130 valence electrons. The van der Waals surface area contributed by atoms with Crippen molar-refractivity contribution < 1.29 is 0 Å². The molecule has 1 aromatic heterocycles. The molecule has 0 radical (unpaired) electrons. The fourth-order valence-electron chi connectivity index (χ4n) is 2.21. The molecule has 0 aliphatic heterocycles. The lowest BCUT2D eigenvalue weighted by Crippen LogP contribution is -2.35. The van der Waals surface area contributed by atoms with Crippen molar-refractivity contribution in [2.45, 2.75) is 19.4 Å². The molecule has 8 heteroatoms. The molecule has 2 aromatic rings.